The van der Waals surface area contributed by atoms with Crippen LogP contribution in [0.2, 0.25) is 5.02 Å². The lowest BCUT2D eigenvalue weighted by Gasteiger charge is -2.18. The minimum absolute atomic E-state index is 0.0702. The minimum atomic E-state index is -0.593. The molecule has 3 rings (SSSR count). The lowest BCUT2D eigenvalue weighted by atomic mass is 10.1. The molecule has 1 N–H and O–H groups in total. The molecule has 6 nitrogen and oxygen atoms in total. The number of benzene rings is 2. The maximum Gasteiger partial charge on any atom is 0.311 e. The number of rotatable bonds is 5. The quantitative estimate of drug-likeness (QED) is 0.755. The van der Waals surface area contributed by atoms with Gasteiger partial charge in [-0.15, -0.1) is 0 Å². The van der Waals surface area contributed by atoms with Crippen molar-refractivity contribution in [1.82, 2.24) is 0 Å². The smallest absolute Gasteiger partial charge is 0.311 e. The second-order valence-corrected chi connectivity index (χ2v) is 7.73. The Morgan fingerprint density at radius 3 is 2.55 bits per heavy atom. The van der Waals surface area contributed by atoms with Gasteiger partial charge in [0.25, 0.3) is 5.91 Å². The van der Waals surface area contributed by atoms with Gasteiger partial charge in [0.05, 0.1) is 5.92 Å². The third-order valence-electron chi connectivity index (χ3n) is 5.08. The molecular formula is C22H23ClN2O4. The molecule has 0 aromatic heterocycles. The predicted octanol–water partition coefficient (Wildman–Crippen LogP) is 3.80. The van der Waals surface area contributed by atoms with Crippen LogP contribution in [0.5, 0.6) is 0 Å². The number of amides is 2. The van der Waals surface area contributed by atoms with E-state index in [0.717, 1.165) is 22.4 Å². The molecule has 0 spiro atoms. The lowest BCUT2D eigenvalue weighted by Crippen LogP contribution is -2.28. The van der Waals surface area contributed by atoms with Crippen LogP contribution >= 0.6 is 11.6 Å². The van der Waals surface area contributed by atoms with Crippen molar-refractivity contribution in [1.29, 1.82) is 0 Å². The molecule has 2 aromatic carbocycles. The Kier molecular flexibility index (Phi) is 6.23. The van der Waals surface area contributed by atoms with Crippen LogP contribution in [0.1, 0.15) is 23.1 Å². The molecule has 1 saturated heterocycles. The first-order valence-corrected chi connectivity index (χ1v) is 9.72. The summed E-state index contributed by atoms with van der Waals surface area (Å²) in [5, 5.41) is 3.17. The monoisotopic (exact) mass is 414 g/mol. The number of ether oxygens (including phenoxy) is 1. The average molecular weight is 415 g/mol. The van der Waals surface area contributed by atoms with Crippen molar-refractivity contribution in [3.63, 3.8) is 0 Å². The number of aryl methyl sites for hydroxylation is 3. The zero-order chi connectivity index (χ0) is 21.1. The summed E-state index contributed by atoms with van der Waals surface area (Å²) in [5.74, 6) is -1.74. The van der Waals surface area contributed by atoms with Crippen molar-refractivity contribution in [3.8, 4) is 0 Å². The van der Waals surface area contributed by atoms with Crippen LogP contribution in [-0.2, 0) is 19.1 Å². The molecule has 1 aliphatic rings. The van der Waals surface area contributed by atoms with Crippen molar-refractivity contribution in [2.75, 3.05) is 23.4 Å². The van der Waals surface area contributed by atoms with E-state index in [1.165, 1.54) is 0 Å². The summed E-state index contributed by atoms with van der Waals surface area (Å²) in [6.07, 6.45) is 0.0702. The van der Waals surface area contributed by atoms with Gasteiger partial charge in [-0.2, -0.15) is 0 Å². The molecule has 152 valence electrons. The predicted molar refractivity (Wildman–Crippen MR) is 112 cm³/mol. The third-order valence-corrected chi connectivity index (χ3v) is 5.31. The summed E-state index contributed by atoms with van der Waals surface area (Å²) in [6.45, 7) is 5.64. The van der Waals surface area contributed by atoms with Gasteiger partial charge >= 0.3 is 5.97 Å². The van der Waals surface area contributed by atoms with E-state index in [4.69, 9.17) is 16.3 Å². The molecule has 0 unspecified atom stereocenters. The molecule has 7 heteroatoms. The van der Waals surface area contributed by atoms with Crippen LogP contribution in [0, 0.1) is 26.7 Å². The van der Waals surface area contributed by atoms with E-state index in [1.807, 2.05) is 39.0 Å². The Hall–Kier alpha value is -2.86. The summed E-state index contributed by atoms with van der Waals surface area (Å²) >= 11 is 5.94. The number of hydrogen-bond donors (Lipinski definition) is 1. The van der Waals surface area contributed by atoms with Gasteiger partial charge in [0.15, 0.2) is 6.61 Å². The highest BCUT2D eigenvalue weighted by molar-refractivity contribution is 6.31. The maximum absolute atomic E-state index is 12.4. The Bertz CT molecular complexity index is 973. The first-order chi connectivity index (χ1) is 13.7. The fraction of sp³-hybridized carbons (Fsp3) is 0.318. The Morgan fingerprint density at radius 1 is 1.10 bits per heavy atom. The van der Waals surface area contributed by atoms with Crippen molar-refractivity contribution >= 4 is 40.8 Å². The van der Waals surface area contributed by atoms with Crippen LogP contribution in [0.25, 0.3) is 0 Å². The molecule has 0 saturated carbocycles. The zero-order valence-corrected chi connectivity index (χ0v) is 17.4. The number of carbonyl (C=O) groups excluding carboxylic acids is 3. The minimum Gasteiger partial charge on any atom is -0.455 e. The van der Waals surface area contributed by atoms with Crippen LogP contribution in [0.3, 0.4) is 0 Å². The van der Waals surface area contributed by atoms with Gasteiger partial charge in [0.1, 0.15) is 0 Å². The van der Waals surface area contributed by atoms with Gasteiger partial charge in [-0.25, -0.2) is 0 Å². The number of nitrogens with zero attached hydrogens (tertiary/aromatic N) is 1. The molecular weight excluding hydrogens is 392 g/mol. The highest BCUT2D eigenvalue weighted by Crippen LogP contribution is 2.27. The second kappa shape index (κ2) is 8.66. The molecule has 29 heavy (non-hydrogen) atoms. The number of anilines is 2. The number of nitrogens with one attached hydrogen (secondary N) is 1. The Balaban J connectivity index is 1.56. The van der Waals surface area contributed by atoms with E-state index in [9.17, 15) is 14.4 Å². The molecule has 2 aromatic rings. The van der Waals surface area contributed by atoms with Crippen molar-refractivity contribution in [3.05, 3.63) is 58.1 Å². The summed E-state index contributed by atoms with van der Waals surface area (Å²) in [7, 11) is 0. The number of halogens is 1. The topological polar surface area (TPSA) is 75.7 Å². The van der Waals surface area contributed by atoms with Gasteiger partial charge in [-0.05, 0) is 61.7 Å². The van der Waals surface area contributed by atoms with Crippen LogP contribution < -0.4 is 10.2 Å². The van der Waals surface area contributed by atoms with Crippen LogP contribution in [0.4, 0.5) is 11.4 Å². The van der Waals surface area contributed by atoms with Gasteiger partial charge in [-0.1, -0.05) is 23.7 Å². The van der Waals surface area contributed by atoms with Crippen molar-refractivity contribution in [2.24, 2.45) is 5.92 Å². The van der Waals surface area contributed by atoms with Gasteiger partial charge < -0.3 is 15.0 Å². The fourth-order valence-corrected chi connectivity index (χ4v) is 3.35. The van der Waals surface area contributed by atoms with Crippen molar-refractivity contribution in [2.45, 2.75) is 27.2 Å². The van der Waals surface area contributed by atoms with E-state index in [1.54, 1.807) is 23.1 Å². The molecule has 1 atom stereocenters. The SMILES string of the molecule is Cc1ccc(N2C[C@H](C(=O)OCC(=O)Nc3cc(Cl)ccc3C)CC2=O)cc1C. The summed E-state index contributed by atoms with van der Waals surface area (Å²) < 4.78 is 5.14. The van der Waals surface area contributed by atoms with E-state index >= 15 is 0 Å². The fourth-order valence-electron chi connectivity index (χ4n) is 3.18. The number of hydrogen-bond acceptors (Lipinski definition) is 4. The average Bonchev–Trinajstić information content (AvgIpc) is 3.07. The first-order valence-electron chi connectivity index (χ1n) is 9.35. The molecule has 0 bridgehead atoms. The Morgan fingerprint density at radius 2 is 1.83 bits per heavy atom. The summed E-state index contributed by atoms with van der Waals surface area (Å²) in [6, 6.07) is 10.9. The summed E-state index contributed by atoms with van der Waals surface area (Å²) in [5.41, 5.74) is 4.39. The zero-order valence-electron chi connectivity index (χ0n) is 16.6. The lowest BCUT2D eigenvalue weighted by molar-refractivity contribution is -0.151. The highest BCUT2D eigenvalue weighted by Gasteiger charge is 2.36. The molecule has 2 amide bonds. The van der Waals surface area contributed by atoms with Crippen LogP contribution in [-0.4, -0.2) is 30.9 Å². The first kappa shape index (κ1) is 20.9. The van der Waals surface area contributed by atoms with E-state index in [2.05, 4.69) is 5.32 Å². The van der Waals surface area contributed by atoms with Gasteiger partial charge in [0, 0.05) is 29.4 Å². The van der Waals surface area contributed by atoms with Crippen molar-refractivity contribution < 1.29 is 19.1 Å². The highest BCUT2D eigenvalue weighted by atomic mass is 35.5. The summed E-state index contributed by atoms with van der Waals surface area (Å²) in [4.78, 5) is 38.4. The molecule has 1 heterocycles. The van der Waals surface area contributed by atoms with E-state index < -0.39 is 24.4 Å². The standard InChI is InChI=1S/C22H23ClN2O4/c1-13-5-7-18(8-15(13)3)25-11-16(9-21(25)27)22(28)29-12-20(26)24-19-10-17(23)6-4-14(19)2/h4-8,10,16H,9,11-12H2,1-3H3,(H,24,26)/t16-/m1/s1. The van der Waals surface area contributed by atoms with E-state index in [0.29, 0.717) is 10.7 Å². The second-order valence-electron chi connectivity index (χ2n) is 7.29. The number of esters is 1. The maximum atomic E-state index is 12.4. The molecule has 0 aliphatic carbocycles. The van der Waals surface area contributed by atoms with E-state index in [-0.39, 0.29) is 18.9 Å². The van der Waals surface area contributed by atoms with Crippen LogP contribution in [0.15, 0.2) is 36.4 Å². The molecule has 1 fully saturated rings. The molecule has 1 aliphatic heterocycles. The number of carbonyl (C=O) groups is 3. The molecule has 0 radical (unpaired) electrons. The van der Waals surface area contributed by atoms with Gasteiger partial charge in [-0.3, -0.25) is 14.4 Å². The Labute approximate surface area is 174 Å². The van der Waals surface area contributed by atoms with Gasteiger partial charge in [0.2, 0.25) is 5.91 Å². The largest absolute Gasteiger partial charge is 0.455 e. The third kappa shape index (κ3) is 4.95. The normalized spacial score (nSPS) is 16.1.